The first-order valence-electron chi connectivity index (χ1n) is 9.31. The second-order valence-corrected chi connectivity index (χ2v) is 7.22. The van der Waals surface area contributed by atoms with Crippen LogP contribution < -0.4 is 4.90 Å². The van der Waals surface area contributed by atoms with E-state index in [1.54, 1.807) is 11.8 Å². The van der Waals surface area contributed by atoms with Gasteiger partial charge in [-0.3, -0.25) is 9.59 Å². The van der Waals surface area contributed by atoms with Gasteiger partial charge in [0.2, 0.25) is 5.95 Å². The summed E-state index contributed by atoms with van der Waals surface area (Å²) in [5.74, 6) is 0.508. The number of aromatic nitrogens is 2. The van der Waals surface area contributed by atoms with E-state index in [1.807, 2.05) is 0 Å². The monoisotopic (exact) mass is 380 g/mol. The van der Waals surface area contributed by atoms with Crippen LogP contribution in [0.4, 0.5) is 5.95 Å². The van der Waals surface area contributed by atoms with Crippen LogP contribution >= 0.6 is 11.6 Å². The molecule has 1 saturated carbocycles. The Balaban J connectivity index is 1.74. The molecule has 26 heavy (non-hydrogen) atoms. The molecule has 0 radical (unpaired) electrons. The van der Waals surface area contributed by atoms with Gasteiger partial charge in [-0.25, -0.2) is 9.97 Å². The van der Waals surface area contributed by atoms with Crippen molar-refractivity contribution in [1.82, 2.24) is 14.9 Å². The number of anilines is 1. The van der Waals surface area contributed by atoms with E-state index < -0.39 is 0 Å². The zero-order valence-corrected chi connectivity index (χ0v) is 15.9. The number of rotatable bonds is 8. The van der Waals surface area contributed by atoms with Crippen molar-refractivity contribution in [1.29, 1.82) is 0 Å². The highest BCUT2D eigenvalue weighted by Crippen LogP contribution is 2.30. The molecule has 2 aliphatic rings. The predicted octanol–water partition coefficient (Wildman–Crippen LogP) is 2.54. The van der Waals surface area contributed by atoms with Gasteiger partial charge in [0, 0.05) is 26.2 Å². The molecule has 0 N–H and O–H groups in total. The molecular formula is C18H25ClN4O3. The molecule has 1 amide bonds. The van der Waals surface area contributed by atoms with Crippen LogP contribution in [-0.2, 0) is 9.53 Å². The Morgan fingerprint density at radius 1 is 1.35 bits per heavy atom. The van der Waals surface area contributed by atoms with Crippen molar-refractivity contribution >= 4 is 29.4 Å². The molecule has 3 rings (SSSR count). The number of esters is 1. The summed E-state index contributed by atoms with van der Waals surface area (Å²) in [7, 11) is 0. The average Bonchev–Trinajstić information content (AvgIpc) is 3.28. The van der Waals surface area contributed by atoms with E-state index in [2.05, 4.69) is 14.9 Å². The Labute approximate surface area is 158 Å². The maximum absolute atomic E-state index is 13.0. The predicted molar refractivity (Wildman–Crippen MR) is 98.4 cm³/mol. The molecule has 1 aromatic rings. The highest BCUT2D eigenvalue weighted by molar-refractivity contribution is 6.33. The molecule has 1 aromatic heterocycles. The number of carbonyl (C=O) groups excluding carboxylic acids is 2. The van der Waals surface area contributed by atoms with Crippen molar-refractivity contribution in [2.45, 2.75) is 39.0 Å². The molecule has 7 nitrogen and oxygen atoms in total. The largest absolute Gasteiger partial charge is 0.466 e. The minimum absolute atomic E-state index is 0.175. The SMILES string of the molecule is CCOC(=O)CCN(CC1CC1)C(=O)c1nc(N2CCCC2)ncc1Cl. The summed E-state index contributed by atoms with van der Waals surface area (Å²) in [4.78, 5) is 37.2. The molecule has 1 saturated heterocycles. The van der Waals surface area contributed by atoms with Gasteiger partial charge in [-0.05, 0) is 38.5 Å². The standard InChI is InChI=1S/C18H25ClN4O3/c1-2-26-15(24)7-10-23(12-13-5-6-13)17(25)16-14(19)11-20-18(21-16)22-8-3-4-9-22/h11,13H,2-10,12H2,1H3. The molecule has 0 unspecified atom stereocenters. The molecule has 0 spiro atoms. The van der Waals surface area contributed by atoms with Gasteiger partial charge in [-0.2, -0.15) is 0 Å². The highest BCUT2D eigenvalue weighted by Gasteiger charge is 2.30. The van der Waals surface area contributed by atoms with Crippen LogP contribution in [0, 0.1) is 5.92 Å². The molecule has 1 aliphatic carbocycles. The Bertz CT molecular complexity index is 660. The first-order chi connectivity index (χ1) is 12.6. The van der Waals surface area contributed by atoms with Crippen molar-refractivity contribution in [3.8, 4) is 0 Å². The summed E-state index contributed by atoms with van der Waals surface area (Å²) >= 11 is 6.22. The summed E-state index contributed by atoms with van der Waals surface area (Å²) in [6.07, 6.45) is 6.09. The van der Waals surface area contributed by atoms with Crippen LogP contribution in [0.25, 0.3) is 0 Å². The second-order valence-electron chi connectivity index (χ2n) is 6.81. The quantitative estimate of drug-likeness (QED) is 0.645. The lowest BCUT2D eigenvalue weighted by Gasteiger charge is -2.23. The van der Waals surface area contributed by atoms with Crippen LogP contribution in [0.1, 0.15) is 49.5 Å². The fourth-order valence-electron chi connectivity index (χ4n) is 3.07. The van der Waals surface area contributed by atoms with Crippen molar-refractivity contribution in [2.24, 2.45) is 5.92 Å². The first kappa shape index (κ1) is 18.9. The van der Waals surface area contributed by atoms with Gasteiger partial charge in [-0.15, -0.1) is 0 Å². The summed E-state index contributed by atoms with van der Waals surface area (Å²) in [5.41, 5.74) is 0.216. The van der Waals surface area contributed by atoms with Crippen molar-refractivity contribution < 1.29 is 14.3 Å². The molecule has 1 aliphatic heterocycles. The van der Waals surface area contributed by atoms with Crippen LogP contribution in [-0.4, -0.2) is 59.5 Å². The zero-order chi connectivity index (χ0) is 18.5. The van der Waals surface area contributed by atoms with Gasteiger partial charge in [0.1, 0.15) is 0 Å². The number of nitrogens with zero attached hydrogens (tertiary/aromatic N) is 4. The average molecular weight is 381 g/mol. The number of ether oxygens (including phenoxy) is 1. The number of amides is 1. The summed E-state index contributed by atoms with van der Waals surface area (Å²) in [6.45, 7) is 4.83. The third-order valence-corrected chi connectivity index (χ3v) is 4.95. The van der Waals surface area contributed by atoms with E-state index in [1.165, 1.54) is 6.20 Å². The molecule has 0 bridgehead atoms. The topological polar surface area (TPSA) is 75.6 Å². The van der Waals surface area contributed by atoms with E-state index >= 15 is 0 Å². The van der Waals surface area contributed by atoms with Crippen LogP contribution in [0.5, 0.6) is 0 Å². The first-order valence-corrected chi connectivity index (χ1v) is 9.68. The maximum atomic E-state index is 13.0. The third-order valence-electron chi connectivity index (χ3n) is 4.68. The maximum Gasteiger partial charge on any atom is 0.307 e. The number of hydrogen-bond acceptors (Lipinski definition) is 6. The summed E-state index contributed by atoms with van der Waals surface area (Å²) < 4.78 is 4.97. The van der Waals surface area contributed by atoms with Crippen LogP contribution in [0.3, 0.4) is 0 Å². The number of carbonyl (C=O) groups is 2. The fraction of sp³-hybridized carbons (Fsp3) is 0.667. The Hall–Kier alpha value is -1.89. The normalized spacial score (nSPS) is 16.6. The fourth-order valence-corrected chi connectivity index (χ4v) is 3.25. The summed E-state index contributed by atoms with van der Waals surface area (Å²) in [6, 6.07) is 0. The van der Waals surface area contributed by atoms with Crippen LogP contribution in [0.15, 0.2) is 6.20 Å². The Morgan fingerprint density at radius 3 is 2.73 bits per heavy atom. The van der Waals surface area contributed by atoms with E-state index in [0.717, 1.165) is 38.8 Å². The summed E-state index contributed by atoms with van der Waals surface area (Å²) in [5, 5.41) is 0.245. The zero-order valence-electron chi connectivity index (χ0n) is 15.1. The molecule has 0 aromatic carbocycles. The number of hydrogen-bond donors (Lipinski definition) is 0. The van der Waals surface area contributed by atoms with Gasteiger partial charge < -0.3 is 14.5 Å². The van der Waals surface area contributed by atoms with Crippen molar-refractivity contribution in [3.05, 3.63) is 16.9 Å². The lowest BCUT2D eigenvalue weighted by molar-refractivity contribution is -0.143. The third kappa shape index (κ3) is 4.84. The minimum atomic E-state index is -0.298. The highest BCUT2D eigenvalue weighted by atomic mass is 35.5. The molecule has 2 heterocycles. The molecule has 2 fully saturated rings. The smallest absolute Gasteiger partial charge is 0.307 e. The minimum Gasteiger partial charge on any atom is -0.466 e. The van der Waals surface area contributed by atoms with E-state index in [9.17, 15) is 9.59 Å². The lowest BCUT2D eigenvalue weighted by atomic mass is 10.2. The van der Waals surface area contributed by atoms with E-state index in [0.29, 0.717) is 31.6 Å². The van der Waals surface area contributed by atoms with E-state index in [4.69, 9.17) is 16.3 Å². The lowest BCUT2D eigenvalue weighted by Crippen LogP contribution is -2.36. The Morgan fingerprint density at radius 2 is 2.08 bits per heavy atom. The van der Waals surface area contributed by atoms with Gasteiger partial charge in [0.15, 0.2) is 5.69 Å². The van der Waals surface area contributed by atoms with Crippen molar-refractivity contribution in [3.63, 3.8) is 0 Å². The molecule has 0 atom stereocenters. The molecular weight excluding hydrogens is 356 g/mol. The van der Waals surface area contributed by atoms with Crippen LogP contribution in [0.2, 0.25) is 5.02 Å². The van der Waals surface area contributed by atoms with E-state index in [-0.39, 0.29) is 29.0 Å². The molecule has 142 valence electrons. The van der Waals surface area contributed by atoms with Gasteiger partial charge in [0.05, 0.1) is 24.2 Å². The van der Waals surface area contributed by atoms with Gasteiger partial charge in [-0.1, -0.05) is 11.6 Å². The number of halogens is 1. The molecule has 8 heteroatoms. The Kier molecular flexibility index (Phi) is 6.29. The van der Waals surface area contributed by atoms with Gasteiger partial charge >= 0.3 is 5.97 Å². The van der Waals surface area contributed by atoms with Crippen molar-refractivity contribution in [2.75, 3.05) is 37.7 Å². The second kappa shape index (κ2) is 8.66. The van der Waals surface area contributed by atoms with Gasteiger partial charge in [0.25, 0.3) is 5.91 Å².